The summed E-state index contributed by atoms with van der Waals surface area (Å²) >= 11 is 0. The Morgan fingerprint density at radius 3 is 1.76 bits per heavy atom. The van der Waals surface area contributed by atoms with E-state index >= 15 is 0 Å². The van der Waals surface area contributed by atoms with Gasteiger partial charge >= 0.3 is 18.0 Å². The van der Waals surface area contributed by atoms with Gasteiger partial charge in [0.05, 0.1) is 13.5 Å². The number of ether oxygens (including phenoxy) is 3. The first-order valence-electron chi connectivity index (χ1n) is 9.63. The molecule has 0 heterocycles. The van der Waals surface area contributed by atoms with E-state index in [1.54, 1.807) is 41.5 Å². The normalized spacial score (nSPS) is 13.9. The van der Waals surface area contributed by atoms with Crippen molar-refractivity contribution in [2.24, 2.45) is 5.92 Å². The molecule has 2 amide bonds. The molecule has 2 N–H and O–H groups in total. The predicted octanol–water partition coefficient (Wildman–Crippen LogP) is 2.32. The standard InChI is InChI=1S/C20H36N2O7/c1-12(2)10-14(17(25)27-9)21-16(24)13(11-15(23)28-19(3,4)5)22-18(26)29-20(6,7)8/h12-14H,10-11H2,1-9H3,(H,21,24)(H,22,26)/t13-,14-/m0/s1. The lowest BCUT2D eigenvalue weighted by molar-refractivity contribution is -0.156. The van der Waals surface area contributed by atoms with E-state index in [1.807, 2.05) is 13.8 Å². The van der Waals surface area contributed by atoms with Crippen LogP contribution in [-0.2, 0) is 28.6 Å². The number of hydrogen-bond acceptors (Lipinski definition) is 7. The molecule has 0 fully saturated rings. The molecule has 9 heteroatoms. The number of esters is 2. The average Bonchev–Trinajstić information content (AvgIpc) is 2.48. The van der Waals surface area contributed by atoms with Crippen molar-refractivity contribution in [3.05, 3.63) is 0 Å². The summed E-state index contributed by atoms with van der Waals surface area (Å²) in [6.45, 7) is 13.9. The van der Waals surface area contributed by atoms with Crippen molar-refractivity contribution in [3.8, 4) is 0 Å². The quantitative estimate of drug-likeness (QED) is 0.460. The van der Waals surface area contributed by atoms with E-state index in [0.717, 1.165) is 0 Å². The highest BCUT2D eigenvalue weighted by molar-refractivity contribution is 5.92. The van der Waals surface area contributed by atoms with Crippen LogP contribution in [0.2, 0.25) is 0 Å². The van der Waals surface area contributed by atoms with Gasteiger partial charge in [0.25, 0.3) is 0 Å². The molecule has 0 aliphatic carbocycles. The van der Waals surface area contributed by atoms with Crippen molar-refractivity contribution in [3.63, 3.8) is 0 Å². The molecule has 9 nitrogen and oxygen atoms in total. The first-order chi connectivity index (χ1) is 13.0. The van der Waals surface area contributed by atoms with Crippen LogP contribution in [0.3, 0.4) is 0 Å². The van der Waals surface area contributed by atoms with Crippen LogP contribution in [0.4, 0.5) is 4.79 Å². The zero-order valence-electron chi connectivity index (χ0n) is 19.0. The molecule has 0 saturated carbocycles. The monoisotopic (exact) mass is 416 g/mol. The Morgan fingerprint density at radius 2 is 1.34 bits per heavy atom. The summed E-state index contributed by atoms with van der Waals surface area (Å²) in [7, 11) is 1.22. The fraction of sp³-hybridized carbons (Fsp3) is 0.800. The molecule has 0 bridgehead atoms. The van der Waals surface area contributed by atoms with Crippen LogP contribution in [-0.4, -0.2) is 54.3 Å². The smallest absolute Gasteiger partial charge is 0.408 e. The second kappa shape index (κ2) is 11.0. The van der Waals surface area contributed by atoms with E-state index in [2.05, 4.69) is 10.6 Å². The van der Waals surface area contributed by atoms with Crippen LogP contribution in [0.1, 0.15) is 68.2 Å². The number of nitrogens with one attached hydrogen (secondary N) is 2. The Balaban J connectivity index is 5.41. The molecule has 2 atom stereocenters. The minimum Gasteiger partial charge on any atom is -0.467 e. The first-order valence-corrected chi connectivity index (χ1v) is 9.63. The third kappa shape index (κ3) is 12.7. The van der Waals surface area contributed by atoms with Crippen molar-refractivity contribution < 1.29 is 33.4 Å². The maximum Gasteiger partial charge on any atom is 0.408 e. The second-order valence-corrected chi connectivity index (χ2v) is 9.20. The Hall–Kier alpha value is -2.32. The van der Waals surface area contributed by atoms with Crippen LogP contribution in [0, 0.1) is 5.92 Å². The zero-order valence-corrected chi connectivity index (χ0v) is 19.0. The summed E-state index contributed by atoms with van der Waals surface area (Å²) in [5.41, 5.74) is -1.54. The first kappa shape index (κ1) is 26.7. The van der Waals surface area contributed by atoms with Gasteiger partial charge in [-0.3, -0.25) is 9.59 Å². The van der Waals surface area contributed by atoms with Crippen molar-refractivity contribution >= 4 is 23.9 Å². The Labute approximate surface area is 173 Å². The molecular weight excluding hydrogens is 380 g/mol. The van der Waals surface area contributed by atoms with Crippen molar-refractivity contribution in [2.75, 3.05) is 7.11 Å². The summed E-state index contributed by atoms with van der Waals surface area (Å²) in [5.74, 6) is -1.90. The molecular formula is C20H36N2O7. The molecule has 29 heavy (non-hydrogen) atoms. The van der Waals surface area contributed by atoms with E-state index in [0.29, 0.717) is 6.42 Å². The molecule has 0 aliphatic heterocycles. The van der Waals surface area contributed by atoms with E-state index in [4.69, 9.17) is 14.2 Å². The number of alkyl carbamates (subject to hydrolysis) is 1. The number of hydrogen-bond donors (Lipinski definition) is 2. The molecule has 0 unspecified atom stereocenters. The number of carbonyl (C=O) groups excluding carboxylic acids is 4. The van der Waals surface area contributed by atoms with E-state index < -0.39 is 53.6 Å². The second-order valence-electron chi connectivity index (χ2n) is 9.20. The maximum absolute atomic E-state index is 12.8. The van der Waals surface area contributed by atoms with E-state index in [9.17, 15) is 19.2 Å². The van der Waals surface area contributed by atoms with Gasteiger partial charge in [-0.2, -0.15) is 0 Å². The lowest BCUT2D eigenvalue weighted by atomic mass is 10.0. The Bertz CT molecular complexity index is 559. The van der Waals surface area contributed by atoms with Crippen molar-refractivity contribution in [1.29, 1.82) is 0 Å². The number of amides is 2. The molecule has 0 spiro atoms. The molecule has 0 aliphatic rings. The summed E-state index contributed by atoms with van der Waals surface area (Å²) in [4.78, 5) is 49.1. The van der Waals surface area contributed by atoms with Gasteiger partial charge < -0.3 is 24.8 Å². The highest BCUT2D eigenvalue weighted by Crippen LogP contribution is 2.12. The highest BCUT2D eigenvalue weighted by atomic mass is 16.6. The summed E-state index contributed by atoms with van der Waals surface area (Å²) < 4.78 is 15.1. The van der Waals surface area contributed by atoms with Crippen LogP contribution < -0.4 is 10.6 Å². The van der Waals surface area contributed by atoms with Crippen LogP contribution in [0.5, 0.6) is 0 Å². The minimum absolute atomic E-state index is 0.0996. The number of carbonyl (C=O) groups is 4. The summed E-state index contributed by atoms with van der Waals surface area (Å²) in [6.07, 6.45) is -0.943. The SMILES string of the molecule is COC(=O)[C@H](CC(C)C)NC(=O)[C@H](CC(=O)OC(C)(C)C)NC(=O)OC(C)(C)C. The third-order valence-electron chi connectivity index (χ3n) is 3.31. The number of rotatable bonds is 8. The van der Waals surface area contributed by atoms with E-state index in [1.165, 1.54) is 7.11 Å². The molecule has 168 valence electrons. The van der Waals surface area contributed by atoms with E-state index in [-0.39, 0.29) is 5.92 Å². The molecule has 0 aromatic carbocycles. The van der Waals surface area contributed by atoms with Crippen molar-refractivity contribution in [1.82, 2.24) is 10.6 Å². The molecule has 0 aromatic rings. The van der Waals surface area contributed by atoms with Gasteiger partial charge in [0, 0.05) is 0 Å². The van der Waals surface area contributed by atoms with Crippen LogP contribution in [0.25, 0.3) is 0 Å². The van der Waals surface area contributed by atoms with Crippen LogP contribution in [0.15, 0.2) is 0 Å². The maximum atomic E-state index is 12.8. The van der Waals surface area contributed by atoms with Gasteiger partial charge in [-0.1, -0.05) is 13.8 Å². The fourth-order valence-corrected chi connectivity index (χ4v) is 2.31. The third-order valence-corrected chi connectivity index (χ3v) is 3.31. The van der Waals surface area contributed by atoms with Crippen molar-refractivity contribution in [2.45, 2.75) is 91.5 Å². The van der Waals surface area contributed by atoms with Crippen LogP contribution >= 0.6 is 0 Å². The minimum atomic E-state index is -1.28. The molecule has 0 saturated heterocycles. The average molecular weight is 417 g/mol. The Kier molecular flexibility index (Phi) is 10.1. The van der Waals surface area contributed by atoms with Gasteiger partial charge in [-0.05, 0) is 53.9 Å². The molecule has 0 radical (unpaired) electrons. The lowest BCUT2D eigenvalue weighted by Gasteiger charge is -2.26. The topological polar surface area (TPSA) is 120 Å². The molecule has 0 aromatic heterocycles. The Morgan fingerprint density at radius 1 is 0.828 bits per heavy atom. The van der Waals surface area contributed by atoms with Gasteiger partial charge in [-0.25, -0.2) is 9.59 Å². The largest absolute Gasteiger partial charge is 0.467 e. The lowest BCUT2D eigenvalue weighted by Crippen LogP contribution is -2.53. The van der Waals surface area contributed by atoms with Gasteiger partial charge in [0.1, 0.15) is 23.3 Å². The fourth-order valence-electron chi connectivity index (χ4n) is 2.31. The van der Waals surface area contributed by atoms with Gasteiger partial charge in [-0.15, -0.1) is 0 Å². The van der Waals surface area contributed by atoms with Gasteiger partial charge in [0.15, 0.2) is 0 Å². The molecule has 0 rings (SSSR count). The summed E-state index contributed by atoms with van der Waals surface area (Å²) in [6, 6.07) is -2.19. The van der Waals surface area contributed by atoms with Gasteiger partial charge in [0.2, 0.25) is 5.91 Å². The highest BCUT2D eigenvalue weighted by Gasteiger charge is 2.32. The number of methoxy groups -OCH3 is 1. The predicted molar refractivity (Wildman–Crippen MR) is 107 cm³/mol. The summed E-state index contributed by atoms with van der Waals surface area (Å²) in [5, 5.41) is 4.92. The zero-order chi connectivity index (χ0) is 23.0.